The van der Waals surface area contributed by atoms with E-state index in [0.29, 0.717) is 12.1 Å². The fourth-order valence-corrected chi connectivity index (χ4v) is 1.46. The van der Waals surface area contributed by atoms with E-state index in [2.05, 4.69) is 51.4 Å². The summed E-state index contributed by atoms with van der Waals surface area (Å²) < 4.78 is 0. The Morgan fingerprint density at radius 1 is 1.36 bits per heavy atom. The Kier molecular flexibility index (Phi) is 6.85. The molecule has 0 aromatic rings. The highest BCUT2D eigenvalue weighted by Crippen LogP contribution is 2.01. The van der Waals surface area contributed by atoms with Gasteiger partial charge >= 0.3 is 0 Å². The van der Waals surface area contributed by atoms with E-state index in [1.807, 2.05) is 0 Å². The van der Waals surface area contributed by atoms with Gasteiger partial charge in [-0.1, -0.05) is 32.9 Å². The predicted octanol–water partition coefficient (Wildman–Crippen LogP) is 2.27. The third-order valence-corrected chi connectivity index (χ3v) is 2.32. The van der Waals surface area contributed by atoms with Crippen molar-refractivity contribution in [1.29, 1.82) is 0 Å². The largest absolute Gasteiger partial charge is 0.313 e. The summed E-state index contributed by atoms with van der Waals surface area (Å²) in [5.41, 5.74) is 1.24. The van der Waals surface area contributed by atoms with Crippen molar-refractivity contribution in [2.75, 3.05) is 19.6 Å². The fourth-order valence-electron chi connectivity index (χ4n) is 1.46. The minimum Gasteiger partial charge on any atom is -0.313 e. The lowest BCUT2D eigenvalue weighted by atomic mass is 10.2. The highest BCUT2D eigenvalue weighted by Gasteiger charge is 2.11. The molecule has 0 aromatic carbocycles. The predicted molar refractivity (Wildman–Crippen MR) is 64.7 cm³/mol. The molecule has 0 fully saturated rings. The molecule has 1 N–H and O–H groups in total. The molecule has 1 unspecified atom stereocenters. The molecule has 2 heteroatoms. The van der Waals surface area contributed by atoms with E-state index >= 15 is 0 Å². The zero-order chi connectivity index (χ0) is 11.1. The van der Waals surface area contributed by atoms with Crippen molar-refractivity contribution in [3.8, 4) is 0 Å². The first kappa shape index (κ1) is 13.7. The van der Waals surface area contributed by atoms with Crippen molar-refractivity contribution in [1.82, 2.24) is 10.2 Å². The Balaban J connectivity index is 3.90. The summed E-state index contributed by atoms with van der Waals surface area (Å²) in [6, 6.07) is 1.15. The molecule has 1 atom stereocenters. The molecule has 84 valence electrons. The molecular weight excluding hydrogens is 172 g/mol. The number of hydrogen-bond acceptors (Lipinski definition) is 2. The minimum atomic E-state index is 0.570. The molecule has 0 spiro atoms. The first-order valence-electron chi connectivity index (χ1n) is 5.59. The third-order valence-electron chi connectivity index (χ3n) is 2.32. The molecule has 0 radical (unpaired) electrons. The molecular formula is C12H26N2. The number of nitrogens with zero attached hydrogens (tertiary/aromatic N) is 1. The van der Waals surface area contributed by atoms with Crippen LogP contribution >= 0.6 is 0 Å². The van der Waals surface area contributed by atoms with Gasteiger partial charge in [-0.05, 0) is 20.4 Å². The molecule has 14 heavy (non-hydrogen) atoms. The van der Waals surface area contributed by atoms with Crippen molar-refractivity contribution < 1.29 is 0 Å². The Morgan fingerprint density at radius 2 is 1.93 bits per heavy atom. The van der Waals surface area contributed by atoms with Crippen molar-refractivity contribution in [3.05, 3.63) is 12.2 Å². The van der Waals surface area contributed by atoms with Crippen LogP contribution in [-0.4, -0.2) is 36.6 Å². The van der Waals surface area contributed by atoms with E-state index < -0.39 is 0 Å². The van der Waals surface area contributed by atoms with Crippen LogP contribution in [0.15, 0.2) is 12.2 Å². The van der Waals surface area contributed by atoms with Gasteiger partial charge in [0.05, 0.1) is 0 Å². The lowest BCUT2D eigenvalue weighted by molar-refractivity contribution is 0.229. The summed E-state index contributed by atoms with van der Waals surface area (Å²) >= 11 is 0. The zero-order valence-corrected chi connectivity index (χ0v) is 10.4. The summed E-state index contributed by atoms with van der Waals surface area (Å²) in [7, 11) is 0. The second kappa shape index (κ2) is 7.02. The van der Waals surface area contributed by atoms with Gasteiger partial charge in [0.1, 0.15) is 0 Å². The quantitative estimate of drug-likeness (QED) is 0.631. The van der Waals surface area contributed by atoms with Crippen molar-refractivity contribution in [2.45, 2.75) is 46.7 Å². The average molecular weight is 198 g/mol. The number of likely N-dealkylation sites (N-methyl/N-ethyl adjacent to an activating group) is 1. The van der Waals surface area contributed by atoms with E-state index in [1.165, 1.54) is 5.57 Å². The number of nitrogens with one attached hydrogen (secondary N) is 1. The molecule has 0 heterocycles. The Hall–Kier alpha value is -0.340. The van der Waals surface area contributed by atoms with Gasteiger partial charge < -0.3 is 5.32 Å². The first-order chi connectivity index (χ1) is 6.47. The van der Waals surface area contributed by atoms with Crippen LogP contribution in [0.3, 0.4) is 0 Å². The summed E-state index contributed by atoms with van der Waals surface area (Å²) in [4.78, 5) is 2.44. The summed E-state index contributed by atoms with van der Waals surface area (Å²) in [6.07, 6.45) is 0. The molecule has 0 saturated heterocycles. The van der Waals surface area contributed by atoms with Crippen LogP contribution in [0.2, 0.25) is 0 Å². The second-order valence-corrected chi connectivity index (χ2v) is 4.43. The van der Waals surface area contributed by atoms with E-state index in [4.69, 9.17) is 0 Å². The van der Waals surface area contributed by atoms with Crippen LogP contribution < -0.4 is 5.32 Å². The first-order valence-corrected chi connectivity index (χ1v) is 5.59. The van der Waals surface area contributed by atoms with Crippen LogP contribution in [0.4, 0.5) is 0 Å². The average Bonchev–Trinajstić information content (AvgIpc) is 2.09. The van der Waals surface area contributed by atoms with Gasteiger partial charge in [-0.3, -0.25) is 4.90 Å². The highest BCUT2D eigenvalue weighted by molar-refractivity contribution is 4.93. The molecule has 0 aliphatic heterocycles. The van der Waals surface area contributed by atoms with Crippen molar-refractivity contribution >= 4 is 0 Å². The summed E-state index contributed by atoms with van der Waals surface area (Å²) in [6.45, 7) is 18.0. The Bertz CT molecular complexity index is 164. The monoisotopic (exact) mass is 198 g/mol. The molecule has 0 aliphatic carbocycles. The molecule has 0 bridgehead atoms. The van der Waals surface area contributed by atoms with Crippen molar-refractivity contribution in [3.63, 3.8) is 0 Å². The van der Waals surface area contributed by atoms with Crippen molar-refractivity contribution in [2.24, 2.45) is 0 Å². The molecule has 2 nitrogen and oxygen atoms in total. The summed E-state index contributed by atoms with van der Waals surface area (Å²) in [5.74, 6) is 0. The zero-order valence-electron chi connectivity index (χ0n) is 10.4. The maximum Gasteiger partial charge on any atom is 0.0195 e. The van der Waals surface area contributed by atoms with Crippen LogP contribution in [0.1, 0.15) is 34.6 Å². The van der Waals surface area contributed by atoms with E-state index in [-0.39, 0.29) is 0 Å². The van der Waals surface area contributed by atoms with Gasteiger partial charge in [0.2, 0.25) is 0 Å². The topological polar surface area (TPSA) is 15.3 Å². The SMILES string of the molecule is C=C(C)CN(CC)C(C)CNC(C)C. The maximum atomic E-state index is 3.96. The molecule has 0 saturated carbocycles. The number of rotatable bonds is 7. The Labute approximate surface area is 89.4 Å². The van der Waals surface area contributed by atoms with E-state index in [0.717, 1.165) is 19.6 Å². The van der Waals surface area contributed by atoms with E-state index in [9.17, 15) is 0 Å². The van der Waals surface area contributed by atoms with Gasteiger partial charge in [-0.15, -0.1) is 0 Å². The van der Waals surface area contributed by atoms with Gasteiger partial charge in [0, 0.05) is 25.2 Å². The number of hydrogen-bond donors (Lipinski definition) is 1. The molecule has 0 rings (SSSR count). The Morgan fingerprint density at radius 3 is 2.29 bits per heavy atom. The van der Waals surface area contributed by atoms with E-state index in [1.54, 1.807) is 0 Å². The van der Waals surface area contributed by atoms with Gasteiger partial charge in [-0.2, -0.15) is 0 Å². The summed E-state index contributed by atoms with van der Waals surface area (Å²) in [5, 5.41) is 3.46. The standard InChI is InChI=1S/C12H26N2/c1-7-14(9-10(2)3)12(6)8-13-11(4)5/h11-13H,2,7-9H2,1,3-6H3. The van der Waals surface area contributed by atoms with Gasteiger partial charge in [0.25, 0.3) is 0 Å². The van der Waals surface area contributed by atoms with Gasteiger partial charge in [-0.25, -0.2) is 0 Å². The van der Waals surface area contributed by atoms with Crippen LogP contribution in [0, 0.1) is 0 Å². The van der Waals surface area contributed by atoms with Crippen LogP contribution in [-0.2, 0) is 0 Å². The molecule has 0 aromatic heterocycles. The molecule has 0 aliphatic rings. The lowest BCUT2D eigenvalue weighted by Gasteiger charge is -2.28. The third kappa shape index (κ3) is 6.17. The minimum absolute atomic E-state index is 0.570. The fraction of sp³-hybridized carbons (Fsp3) is 0.833. The smallest absolute Gasteiger partial charge is 0.0195 e. The highest BCUT2D eigenvalue weighted by atomic mass is 15.2. The van der Waals surface area contributed by atoms with Crippen LogP contribution in [0.25, 0.3) is 0 Å². The normalized spacial score (nSPS) is 13.6. The van der Waals surface area contributed by atoms with Gasteiger partial charge in [0.15, 0.2) is 0 Å². The molecule has 0 amide bonds. The maximum absolute atomic E-state index is 3.96. The van der Waals surface area contributed by atoms with Crippen LogP contribution in [0.5, 0.6) is 0 Å². The lowest BCUT2D eigenvalue weighted by Crippen LogP contribution is -2.42. The second-order valence-electron chi connectivity index (χ2n) is 4.43.